The number of thiazole rings is 1. The molecule has 1 aromatic carbocycles. The third-order valence-corrected chi connectivity index (χ3v) is 6.74. The first-order valence-corrected chi connectivity index (χ1v) is 11.1. The van der Waals surface area contributed by atoms with Crippen molar-refractivity contribution in [1.82, 2.24) is 15.0 Å². The first-order chi connectivity index (χ1) is 13.4. The highest BCUT2D eigenvalue weighted by atomic mass is 32.1. The summed E-state index contributed by atoms with van der Waals surface area (Å²) in [6, 6.07) is 14.5. The minimum absolute atomic E-state index is 0.0297. The number of nitrogens with zero attached hydrogens (tertiary/aromatic N) is 3. The van der Waals surface area contributed by atoms with Gasteiger partial charge in [-0.05, 0) is 17.0 Å². The molecule has 5 rings (SSSR count). The standard InChI is InChI=1S/C20H14N4S3/c1-2-5-13(6-3-1)14-9-27-20-17(14)19(21-11-22-20)24-18(15-10-25-12-23-15)16-7-4-8-26-16/h1-12,18H,(H,21,22,24). The maximum atomic E-state index is 4.59. The van der Waals surface area contributed by atoms with Crippen LogP contribution in [0.2, 0.25) is 0 Å². The molecule has 1 atom stereocenters. The molecule has 0 fully saturated rings. The summed E-state index contributed by atoms with van der Waals surface area (Å²) in [4.78, 5) is 15.8. The van der Waals surface area contributed by atoms with E-state index < -0.39 is 0 Å². The molecule has 0 saturated carbocycles. The highest BCUT2D eigenvalue weighted by molar-refractivity contribution is 7.17. The Kier molecular flexibility index (Phi) is 4.41. The van der Waals surface area contributed by atoms with Crippen LogP contribution in [0.3, 0.4) is 0 Å². The third-order valence-electron chi connectivity index (χ3n) is 4.31. The summed E-state index contributed by atoms with van der Waals surface area (Å²) in [6.07, 6.45) is 1.63. The lowest BCUT2D eigenvalue weighted by molar-refractivity contribution is 0.911. The Morgan fingerprint density at radius 1 is 0.889 bits per heavy atom. The van der Waals surface area contributed by atoms with Crippen LogP contribution in [-0.2, 0) is 0 Å². The average molecular weight is 407 g/mol. The first-order valence-electron chi connectivity index (χ1n) is 8.36. The lowest BCUT2D eigenvalue weighted by Crippen LogP contribution is -2.12. The number of hydrogen-bond donors (Lipinski definition) is 1. The van der Waals surface area contributed by atoms with Gasteiger partial charge in [-0.15, -0.1) is 34.0 Å². The minimum atomic E-state index is -0.0297. The third kappa shape index (κ3) is 3.14. The zero-order valence-corrected chi connectivity index (χ0v) is 16.5. The van der Waals surface area contributed by atoms with Gasteiger partial charge in [0.25, 0.3) is 0 Å². The van der Waals surface area contributed by atoms with Gasteiger partial charge in [-0.1, -0.05) is 36.4 Å². The van der Waals surface area contributed by atoms with Crippen molar-refractivity contribution in [2.45, 2.75) is 6.04 Å². The van der Waals surface area contributed by atoms with Crippen molar-refractivity contribution in [1.29, 1.82) is 0 Å². The molecular weight excluding hydrogens is 392 g/mol. The maximum Gasteiger partial charge on any atom is 0.139 e. The fourth-order valence-corrected chi connectivity index (χ4v) is 5.35. The van der Waals surface area contributed by atoms with E-state index in [0.29, 0.717) is 0 Å². The Morgan fingerprint density at radius 2 is 1.81 bits per heavy atom. The monoisotopic (exact) mass is 406 g/mol. The van der Waals surface area contributed by atoms with Crippen molar-refractivity contribution in [3.05, 3.63) is 81.0 Å². The van der Waals surface area contributed by atoms with Crippen LogP contribution in [0.15, 0.2) is 70.4 Å². The van der Waals surface area contributed by atoms with Crippen molar-refractivity contribution < 1.29 is 0 Å². The van der Waals surface area contributed by atoms with Crippen LogP contribution >= 0.6 is 34.0 Å². The van der Waals surface area contributed by atoms with E-state index in [4.69, 9.17) is 0 Å². The normalized spacial score (nSPS) is 12.3. The minimum Gasteiger partial charge on any atom is -0.356 e. The SMILES string of the molecule is c1ccc(-c2csc3ncnc(NC(c4cscn4)c4cccs4)c23)cc1. The van der Waals surface area contributed by atoms with E-state index in [0.717, 1.165) is 27.3 Å². The van der Waals surface area contributed by atoms with Crippen LogP contribution < -0.4 is 5.32 Å². The van der Waals surface area contributed by atoms with E-state index in [1.807, 2.05) is 11.6 Å². The van der Waals surface area contributed by atoms with E-state index in [-0.39, 0.29) is 6.04 Å². The summed E-state index contributed by atoms with van der Waals surface area (Å²) in [5.41, 5.74) is 5.20. The number of anilines is 1. The van der Waals surface area contributed by atoms with Crippen LogP contribution in [0, 0.1) is 0 Å². The first kappa shape index (κ1) is 16.6. The van der Waals surface area contributed by atoms with Crippen LogP contribution in [0.4, 0.5) is 5.82 Å². The van der Waals surface area contributed by atoms with Gasteiger partial charge in [0.05, 0.1) is 16.6 Å². The molecule has 0 aliphatic heterocycles. The van der Waals surface area contributed by atoms with Gasteiger partial charge in [-0.3, -0.25) is 0 Å². The Morgan fingerprint density at radius 3 is 2.59 bits per heavy atom. The Hall–Kier alpha value is -2.61. The van der Waals surface area contributed by atoms with E-state index in [2.05, 4.69) is 72.8 Å². The molecule has 4 heterocycles. The second-order valence-electron chi connectivity index (χ2n) is 5.92. The molecule has 1 N–H and O–H groups in total. The van der Waals surface area contributed by atoms with Crippen LogP contribution in [0.1, 0.15) is 16.6 Å². The fraction of sp³-hybridized carbons (Fsp3) is 0.0500. The number of fused-ring (bicyclic) bond motifs is 1. The quantitative estimate of drug-likeness (QED) is 0.384. The topological polar surface area (TPSA) is 50.7 Å². The molecule has 7 heteroatoms. The molecule has 4 aromatic heterocycles. The molecule has 5 aromatic rings. The average Bonchev–Trinajstić information content (AvgIpc) is 3.48. The van der Waals surface area contributed by atoms with Crippen molar-refractivity contribution in [3.63, 3.8) is 0 Å². The van der Waals surface area contributed by atoms with Crippen LogP contribution in [0.5, 0.6) is 0 Å². The molecule has 132 valence electrons. The number of thiophene rings is 2. The van der Waals surface area contributed by atoms with Gasteiger partial charge < -0.3 is 5.32 Å². The predicted molar refractivity (Wildman–Crippen MR) is 115 cm³/mol. The van der Waals surface area contributed by atoms with Crippen molar-refractivity contribution in [2.24, 2.45) is 0 Å². The number of benzene rings is 1. The lowest BCUT2D eigenvalue weighted by atomic mass is 10.1. The molecular formula is C20H14N4S3. The molecule has 0 saturated heterocycles. The maximum absolute atomic E-state index is 4.59. The van der Waals surface area contributed by atoms with Crippen molar-refractivity contribution in [3.8, 4) is 11.1 Å². The highest BCUT2D eigenvalue weighted by Crippen LogP contribution is 2.38. The van der Waals surface area contributed by atoms with E-state index in [1.54, 1.807) is 40.3 Å². The summed E-state index contributed by atoms with van der Waals surface area (Å²) in [6.45, 7) is 0. The summed E-state index contributed by atoms with van der Waals surface area (Å²) in [5, 5.41) is 11.0. The summed E-state index contributed by atoms with van der Waals surface area (Å²) in [5.74, 6) is 0.839. The number of rotatable bonds is 5. The number of hydrogen-bond acceptors (Lipinski definition) is 7. The number of nitrogens with one attached hydrogen (secondary N) is 1. The molecule has 4 nitrogen and oxygen atoms in total. The molecule has 1 unspecified atom stereocenters. The van der Waals surface area contributed by atoms with Gasteiger partial charge in [-0.25, -0.2) is 15.0 Å². The fourth-order valence-electron chi connectivity index (χ4n) is 3.06. The zero-order chi connectivity index (χ0) is 18.1. The molecule has 0 spiro atoms. The van der Waals surface area contributed by atoms with Gasteiger partial charge in [0.15, 0.2) is 0 Å². The lowest BCUT2D eigenvalue weighted by Gasteiger charge is -2.17. The predicted octanol–water partition coefficient (Wildman–Crippen LogP) is 6.08. The van der Waals surface area contributed by atoms with Crippen molar-refractivity contribution >= 4 is 50.0 Å². The zero-order valence-electron chi connectivity index (χ0n) is 14.1. The second-order valence-corrected chi connectivity index (χ2v) is 8.48. The van der Waals surface area contributed by atoms with Gasteiger partial charge in [0.2, 0.25) is 0 Å². The van der Waals surface area contributed by atoms with Crippen LogP contribution in [-0.4, -0.2) is 15.0 Å². The summed E-state index contributed by atoms with van der Waals surface area (Å²) >= 11 is 4.96. The molecule has 27 heavy (non-hydrogen) atoms. The Labute approximate surface area is 168 Å². The van der Waals surface area contributed by atoms with E-state index in [9.17, 15) is 0 Å². The molecule has 0 aliphatic rings. The van der Waals surface area contributed by atoms with Gasteiger partial charge >= 0.3 is 0 Å². The number of aromatic nitrogens is 3. The smallest absolute Gasteiger partial charge is 0.139 e. The molecule has 0 amide bonds. The van der Waals surface area contributed by atoms with E-state index >= 15 is 0 Å². The van der Waals surface area contributed by atoms with Crippen LogP contribution in [0.25, 0.3) is 21.3 Å². The van der Waals surface area contributed by atoms with Gasteiger partial charge in [0, 0.05) is 21.2 Å². The molecule has 0 radical (unpaired) electrons. The molecule has 0 bridgehead atoms. The van der Waals surface area contributed by atoms with Gasteiger partial charge in [0.1, 0.15) is 23.0 Å². The Balaban J connectivity index is 1.63. The highest BCUT2D eigenvalue weighted by Gasteiger charge is 2.21. The molecule has 0 aliphatic carbocycles. The second kappa shape index (κ2) is 7.19. The largest absolute Gasteiger partial charge is 0.356 e. The summed E-state index contributed by atoms with van der Waals surface area (Å²) in [7, 11) is 0. The van der Waals surface area contributed by atoms with Gasteiger partial charge in [-0.2, -0.15) is 0 Å². The Bertz CT molecular complexity index is 1110. The van der Waals surface area contributed by atoms with Crippen molar-refractivity contribution in [2.75, 3.05) is 5.32 Å². The summed E-state index contributed by atoms with van der Waals surface area (Å²) < 4.78 is 0. The van der Waals surface area contributed by atoms with E-state index in [1.165, 1.54) is 10.4 Å².